The molecule has 150 valence electrons. The molecular formula is C21H30FNO4. The summed E-state index contributed by atoms with van der Waals surface area (Å²) in [7, 11) is 0. The number of carbonyl (C=O) groups excluding carboxylic acids is 2. The summed E-state index contributed by atoms with van der Waals surface area (Å²) in [5.74, 6) is -0.763. The lowest BCUT2D eigenvalue weighted by molar-refractivity contribution is -0.144. The number of carbonyl (C=O) groups is 2. The summed E-state index contributed by atoms with van der Waals surface area (Å²) in [6.07, 6.45) is 3.39. The van der Waals surface area contributed by atoms with Crippen LogP contribution in [0.25, 0.3) is 0 Å². The number of hydrogen-bond acceptors (Lipinski definition) is 5. The van der Waals surface area contributed by atoms with Crippen molar-refractivity contribution in [2.24, 2.45) is 11.8 Å². The molecule has 2 N–H and O–H groups in total. The molecule has 0 saturated heterocycles. The second-order valence-corrected chi connectivity index (χ2v) is 7.10. The highest BCUT2D eigenvalue weighted by Gasteiger charge is 2.41. The van der Waals surface area contributed by atoms with Crippen molar-refractivity contribution in [1.29, 1.82) is 0 Å². The van der Waals surface area contributed by atoms with Crippen LogP contribution in [0, 0.1) is 11.8 Å². The Bertz CT molecular complexity index is 581. The molecule has 2 rings (SSSR count). The van der Waals surface area contributed by atoms with Gasteiger partial charge in [-0.1, -0.05) is 37.5 Å². The van der Waals surface area contributed by atoms with E-state index < -0.39 is 6.17 Å². The molecule has 0 heterocycles. The fourth-order valence-corrected chi connectivity index (χ4v) is 3.65. The third-order valence-corrected chi connectivity index (χ3v) is 5.11. The van der Waals surface area contributed by atoms with E-state index in [4.69, 9.17) is 9.84 Å². The summed E-state index contributed by atoms with van der Waals surface area (Å²) >= 11 is 0. The van der Waals surface area contributed by atoms with E-state index in [2.05, 4.69) is 5.32 Å². The number of aliphatic hydroxyl groups is 1. The van der Waals surface area contributed by atoms with Crippen molar-refractivity contribution in [2.45, 2.75) is 51.1 Å². The smallest absolute Gasteiger partial charge is 0.305 e. The summed E-state index contributed by atoms with van der Waals surface area (Å²) in [6.45, 7) is 0.367. The summed E-state index contributed by atoms with van der Waals surface area (Å²) in [6, 6.07) is 9.65. The third kappa shape index (κ3) is 7.29. The van der Waals surface area contributed by atoms with Crippen molar-refractivity contribution in [3.63, 3.8) is 0 Å². The van der Waals surface area contributed by atoms with Crippen LogP contribution in [0.5, 0.6) is 0 Å². The maximum atomic E-state index is 14.3. The zero-order valence-electron chi connectivity index (χ0n) is 15.7. The number of ketones is 1. The number of hydrogen-bond donors (Lipinski definition) is 2. The molecule has 1 fully saturated rings. The van der Waals surface area contributed by atoms with Crippen molar-refractivity contribution in [1.82, 2.24) is 0 Å². The molecule has 1 aliphatic carbocycles. The zero-order valence-corrected chi connectivity index (χ0v) is 15.7. The number of para-hydroxylation sites is 1. The molecular weight excluding hydrogens is 349 g/mol. The molecule has 6 heteroatoms. The van der Waals surface area contributed by atoms with Gasteiger partial charge in [0.25, 0.3) is 0 Å². The Morgan fingerprint density at radius 3 is 2.67 bits per heavy atom. The molecule has 5 nitrogen and oxygen atoms in total. The standard InChI is InChI=1S/C21H30FNO4/c22-19-14-20(25)18(15-23-16-8-4-3-5-9-16)17(19)10-6-1-2-7-11-21(26)27-13-12-24/h3-5,8-9,17-19,23-24H,1-2,6-7,10-15H2/t17-,18-,19?/m1/s1. The van der Waals surface area contributed by atoms with E-state index in [1.54, 1.807) is 0 Å². The van der Waals surface area contributed by atoms with E-state index in [-0.39, 0.29) is 43.2 Å². The first-order chi connectivity index (χ1) is 13.1. The van der Waals surface area contributed by atoms with Crippen molar-refractivity contribution < 1.29 is 23.8 Å². The van der Waals surface area contributed by atoms with Crippen LogP contribution in [0.3, 0.4) is 0 Å². The average molecular weight is 379 g/mol. The van der Waals surface area contributed by atoms with Crippen LogP contribution in [-0.4, -0.2) is 42.8 Å². The van der Waals surface area contributed by atoms with E-state index in [0.29, 0.717) is 19.4 Å². The number of Topliss-reactive ketones (excluding diaryl/α,β-unsaturated/α-hetero) is 1. The predicted molar refractivity (Wildman–Crippen MR) is 102 cm³/mol. The van der Waals surface area contributed by atoms with Crippen LogP contribution in [-0.2, 0) is 14.3 Å². The number of unbranched alkanes of at least 4 members (excludes halogenated alkanes) is 3. The molecule has 0 spiro atoms. The highest BCUT2D eigenvalue weighted by molar-refractivity contribution is 5.84. The lowest BCUT2D eigenvalue weighted by Gasteiger charge is -2.20. The normalized spacial score (nSPS) is 22.0. The van der Waals surface area contributed by atoms with Crippen molar-refractivity contribution in [2.75, 3.05) is 25.1 Å². The number of ether oxygens (including phenoxy) is 1. The van der Waals surface area contributed by atoms with Gasteiger partial charge in [0.15, 0.2) is 0 Å². The van der Waals surface area contributed by atoms with Gasteiger partial charge in [0.2, 0.25) is 0 Å². The average Bonchev–Trinajstić information content (AvgIpc) is 2.94. The molecule has 1 unspecified atom stereocenters. The predicted octanol–water partition coefficient (Wildman–Crippen LogP) is 3.52. The number of aliphatic hydroxyl groups excluding tert-OH is 1. The molecule has 0 aromatic heterocycles. The molecule has 1 saturated carbocycles. The number of anilines is 1. The van der Waals surface area contributed by atoms with Gasteiger partial charge in [0, 0.05) is 36.9 Å². The summed E-state index contributed by atoms with van der Waals surface area (Å²) in [5, 5.41) is 11.8. The van der Waals surface area contributed by atoms with Gasteiger partial charge < -0.3 is 15.2 Å². The quantitative estimate of drug-likeness (QED) is 0.429. The number of nitrogens with one attached hydrogen (secondary N) is 1. The van der Waals surface area contributed by atoms with E-state index in [1.807, 2.05) is 30.3 Å². The van der Waals surface area contributed by atoms with Crippen LogP contribution >= 0.6 is 0 Å². The minimum Gasteiger partial charge on any atom is -0.463 e. The maximum Gasteiger partial charge on any atom is 0.305 e. The Morgan fingerprint density at radius 1 is 1.19 bits per heavy atom. The number of rotatable bonds is 12. The van der Waals surface area contributed by atoms with Crippen molar-refractivity contribution in [3.05, 3.63) is 30.3 Å². The van der Waals surface area contributed by atoms with Crippen LogP contribution in [0.4, 0.5) is 10.1 Å². The molecule has 1 aromatic rings. The Balaban J connectivity index is 1.67. The van der Waals surface area contributed by atoms with Crippen LogP contribution < -0.4 is 5.32 Å². The summed E-state index contributed by atoms with van der Waals surface area (Å²) < 4.78 is 19.1. The van der Waals surface area contributed by atoms with Crippen molar-refractivity contribution >= 4 is 17.4 Å². The summed E-state index contributed by atoms with van der Waals surface area (Å²) in [5.41, 5.74) is 0.944. The second-order valence-electron chi connectivity index (χ2n) is 7.10. The Labute approximate surface area is 160 Å². The highest BCUT2D eigenvalue weighted by Crippen LogP contribution is 2.35. The SMILES string of the molecule is O=C(CCCCCC[C@H]1C(F)CC(=O)[C@@H]1CNc1ccccc1)OCCO. The van der Waals surface area contributed by atoms with Crippen LogP contribution in [0.1, 0.15) is 44.9 Å². The summed E-state index contributed by atoms with van der Waals surface area (Å²) in [4.78, 5) is 23.5. The number of alkyl halides is 1. The van der Waals surface area contributed by atoms with E-state index in [0.717, 1.165) is 31.4 Å². The number of halogens is 1. The zero-order chi connectivity index (χ0) is 19.5. The molecule has 3 atom stereocenters. The van der Waals surface area contributed by atoms with Gasteiger partial charge in [0.05, 0.1) is 6.61 Å². The van der Waals surface area contributed by atoms with Crippen molar-refractivity contribution in [3.8, 4) is 0 Å². The first-order valence-corrected chi connectivity index (χ1v) is 9.84. The minimum absolute atomic E-state index is 0.0163. The van der Waals surface area contributed by atoms with Gasteiger partial charge in [-0.05, 0) is 25.0 Å². The van der Waals surface area contributed by atoms with Gasteiger partial charge in [-0.3, -0.25) is 9.59 Å². The Kier molecular flexibility index (Phi) is 9.25. The molecule has 27 heavy (non-hydrogen) atoms. The molecule has 0 aliphatic heterocycles. The van der Waals surface area contributed by atoms with E-state index in [1.165, 1.54) is 0 Å². The van der Waals surface area contributed by atoms with Crippen LogP contribution in [0.2, 0.25) is 0 Å². The molecule has 0 radical (unpaired) electrons. The van der Waals surface area contributed by atoms with Gasteiger partial charge in [0.1, 0.15) is 18.6 Å². The largest absolute Gasteiger partial charge is 0.463 e. The van der Waals surface area contributed by atoms with Gasteiger partial charge in [-0.15, -0.1) is 0 Å². The Hall–Kier alpha value is -1.95. The first-order valence-electron chi connectivity index (χ1n) is 9.84. The van der Waals surface area contributed by atoms with Gasteiger partial charge in [-0.25, -0.2) is 4.39 Å². The monoisotopic (exact) mass is 379 g/mol. The third-order valence-electron chi connectivity index (χ3n) is 5.11. The van der Waals surface area contributed by atoms with Gasteiger partial charge in [-0.2, -0.15) is 0 Å². The first kappa shape index (κ1) is 21.4. The molecule has 1 aromatic carbocycles. The maximum absolute atomic E-state index is 14.3. The highest BCUT2D eigenvalue weighted by atomic mass is 19.1. The molecule has 0 amide bonds. The lowest BCUT2D eigenvalue weighted by atomic mass is 9.89. The number of esters is 1. The fraction of sp³-hybridized carbons (Fsp3) is 0.619. The van der Waals surface area contributed by atoms with E-state index in [9.17, 15) is 14.0 Å². The molecule has 1 aliphatic rings. The van der Waals surface area contributed by atoms with Gasteiger partial charge >= 0.3 is 5.97 Å². The topological polar surface area (TPSA) is 75.6 Å². The number of benzene rings is 1. The van der Waals surface area contributed by atoms with E-state index >= 15 is 0 Å². The second kappa shape index (κ2) is 11.7. The van der Waals surface area contributed by atoms with Crippen LogP contribution in [0.15, 0.2) is 30.3 Å². The fourth-order valence-electron chi connectivity index (χ4n) is 3.65. The lowest BCUT2D eigenvalue weighted by Crippen LogP contribution is -2.26. The molecule has 0 bridgehead atoms. The minimum atomic E-state index is -1.05. The Morgan fingerprint density at radius 2 is 1.93 bits per heavy atom.